The number of rotatable bonds is 4. The first kappa shape index (κ1) is 16.7. The molecule has 0 aliphatic carbocycles. The van der Waals surface area contributed by atoms with Crippen LogP contribution in [0.4, 0.5) is 4.79 Å². The van der Waals surface area contributed by atoms with Crippen LogP contribution in [0.2, 0.25) is 0 Å². The number of amides is 1. The summed E-state index contributed by atoms with van der Waals surface area (Å²) in [6, 6.07) is -0.203. The van der Waals surface area contributed by atoms with E-state index in [1.54, 1.807) is 41.7 Å². The van der Waals surface area contributed by atoms with Gasteiger partial charge >= 0.3 is 12.1 Å². The summed E-state index contributed by atoms with van der Waals surface area (Å²) in [5, 5.41) is 9.06. The van der Waals surface area contributed by atoms with Crippen LogP contribution >= 0.6 is 0 Å². The van der Waals surface area contributed by atoms with Crippen LogP contribution in [0.3, 0.4) is 0 Å². The van der Waals surface area contributed by atoms with E-state index in [1.807, 2.05) is 6.92 Å². The van der Waals surface area contributed by atoms with Crippen molar-refractivity contribution in [1.29, 1.82) is 0 Å². The summed E-state index contributed by atoms with van der Waals surface area (Å²) in [5.74, 6) is -0.869. The van der Waals surface area contributed by atoms with Crippen LogP contribution in [0.1, 0.15) is 48.0 Å². The minimum absolute atomic E-state index is 0.203. The molecule has 1 unspecified atom stereocenters. The predicted octanol–water partition coefficient (Wildman–Crippen LogP) is 2.74. The summed E-state index contributed by atoms with van der Waals surface area (Å²) in [5.41, 5.74) is -1.41. The van der Waals surface area contributed by atoms with E-state index in [0.29, 0.717) is 6.42 Å². The van der Waals surface area contributed by atoms with Gasteiger partial charge in [0.05, 0.1) is 5.41 Å². The lowest BCUT2D eigenvalue weighted by Crippen LogP contribution is -2.42. The third-order valence-corrected chi connectivity index (χ3v) is 2.73. The number of nitrogens with zero attached hydrogens (tertiary/aromatic N) is 1. The first-order valence-electron chi connectivity index (χ1n) is 6.06. The minimum Gasteiger partial charge on any atom is -0.481 e. The van der Waals surface area contributed by atoms with Crippen LogP contribution in [-0.2, 0) is 9.53 Å². The van der Waals surface area contributed by atoms with E-state index in [4.69, 9.17) is 9.84 Å². The van der Waals surface area contributed by atoms with Gasteiger partial charge in [-0.25, -0.2) is 4.79 Å². The van der Waals surface area contributed by atoms with Crippen molar-refractivity contribution in [3.63, 3.8) is 0 Å². The van der Waals surface area contributed by atoms with E-state index in [0.717, 1.165) is 0 Å². The molecule has 5 nitrogen and oxygen atoms in total. The summed E-state index contributed by atoms with van der Waals surface area (Å²) in [7, 11) is 1.62. The second-order valence-electron chi connectivity index (χ2n) is 6.33. The van der Waals surface area contributed by atoms with Gasteiger partial charge in [-0.3, -0.25) is 4.79 Å². The van der Waals surface area contributed by atoms with Gasteiger partial charge < -0.3 is 14.7 Å². The maximum atomic E-state index is 11.8. The van der Waals surface area contributed by atoms with Crippen molar-refractivity contribution >= 4 is 12.1 Å². The molecule has 0 bridgehead atoms. The third-order valence-electron chi connectivity index (χ3n) is 2.73. The zero-order valence-corrected chi connectivity index (χ0v) is 12.4. The Hall–Kier alpha value is -1.26. The van der Waals surface area contributed by atoms with Gasteiger partial charge in [0.2, 0.25) is 0 Å². The van der Waals surface area contributed by atoms with Crippen molar-refractivity contribution < 1.29 is 19.4 Å². The Labute approximate surface area is 109 Å². The molecule has 0 spiro atoms. The molecule has 106 valence electrons. The Morgan fingerprint density at radius 2 is 1.67 bits per heavy atom. The van der Waals surface area contributed by atoms with Crippen LogP contribution in [-0.4, -0.2) is 40.8 Å². The molecule has 0 saturated carbocycles. The Balaban J connectivity index is 4.57. The van der Waals surface area contributed by atoms with Gasteiger partial charge in [0.1, 0.15) is 5.60 Å². The maximum absolute atomic E-state index is 11.8. The van der Waals surface area contributed by atoms with E-state index in [2.05, 4.69) is 0 Å². The van der Waals surface area contributed by atoms with Gasteiger partial charge in [-0.2, -0.15) is 0 Å². The lowest BCUT2D eigenvalue weighted by molar-refractivity contribution is -0.148. The first-order valence-corrected chi connectivity index (χ1v) is 6.06. The Kier molecular flexibility index (Phi) is 5.20. The van der Waals surface area contributed by atoms with Crippen molar-refractivity contribution in [3.05, 3.63) is 0 Å². The van der Waals surface area contributed by atoms with Gasteiger partial charge in [-0.05, 0) is 48.0 Å². The fourth-order valence-electron chi connectivity index (χ4n) is 1.48. The smallest absolute Gasteiger partial charge is 0.410 e. The highest BCUT2D eigenvalue weighted by atomic mass is 16.6. The third kappa shape index (κ3) is 5.38. The van der Waals surface area contributed by atoms with Crippen molar-refractivity contribution in [2.24, 2.45) is 5.41 Å². The Bertz CT molecular complexity index is 317. The monoisotopic (exact) mass is 259 g/mol. The molecule has 0 radical (unpaired) electrons. The summed E-state index contributed by atoms with van der Waals surface area (Å²) in [6.07, 6.45) is -0.0610. The average Bonchev–Trinajstić information content (AvgIpc) is 2.12. The Morgan fingerprint density at radius 3 is 2.00 bits per heavy atom. The van der Waals surface area contributed by atoms with Crippen molar-refractivity contribution in [2.45, 2.75) is 59.6 Å². The second kappa shape index (κ2) is 5.59. The number of ether oxygens (including phenoxy) is 1. The highest BCUT2D eigenvalue weighted by molar-refractivity contribution is 5.74. The number of aliphatic carboxylic acids is 1. The molecule has 18 heavy (non-hydrogen) atoms. The quantitative estimate of drug-likeness (QED) is 0.843. The van der Waals surface area contributed by atoms with Crippen LogP contribution in [0.25, 0.3) is 0 Å². The van der Waals surface area contributed by atoms with E-state index < -0.39 is 23.1 Å². The minimum atomic E-state index is -0.869. The molecule has 0 aliphatic heterocycles. The van der Waals surface area contributed by atoms with Crippen LogP contribution in [0, 0.1) is 5.41 Å². The molecule has 0 rings (SSSR count). The van der Waals surface area contributed by atoms with Crippen molar-refractivity contribution in [2.75, 3.05) is 7.05 Å². The molecule has 0 aromatic carbocycles. The van der Waals surface area contributed by atoms with Gasteiger partial charge in [0.25, 0.3) is 0 Å². The number of carbonyl (C=O) groups excluding carboxylic acids is 1. The number of hydrogen-bond donors (Lipinski definition) is 1. The summed E-state index contributed by atoms with van der Waals surface area (Å²) in [6.45, 7) is 10.5. The van der Waals surface area contributed by atoms with Crippen LogP contribution < -0.4 is 0 Å². The lowest BCUT2D eigenvalue weighted by atomic mass is 9.86. The number of hydrogen-bond acceptors (Lipinski definition) is 3. The number of carboxylic acids is 1. The van der Waals surface area contributed by atoms with Gasteiger partial charge in [0.15, 0.2) is 0 Å². The van der Waals surface area contributed by atoms with Crippen LogP contribution in [0.15, 0.2) is 0 Å². The zero-order valence-electron chi connectivity index (χ0n) is 12.4. The molecule has 1 N–H and O–H groups in total. The molecule has 5 heteroatoms. The molecular formula is C13H25NO4. The fourth-order valence-corrected chi connectivity index (χ4v) is 1.48. The molecule has 0 fully saturated rings. The highest BCUT2D eigenvalue weighted by Gasteiger charge is 2.32. The average molecular weight is 259 g/mol. The van der Waals surface area contributed by atoms with Crippen LogP contribution in [0.5, 0.6) is 0 Å². The predicted molar refractivity (Wildman–Crippen MR) is 69.5 cm³/mol. The first-order chi connectivity index (χ1) is 7.87. The molecule has 0 aromatic heterocycles. The standard InChI is InChI=1S/C13H25NO4/c1-9(8-13(5,6)10(15)16)14(7)11(17)18-12(2,3)4/h9H,8H2,1-7H3,(H,15,16). The van der Waals surface area contributed by atoms with Gasteiger partial charge in [-0.15, -0.1) is 0 Å². The Morgan fingerprint density at radius 1 is 1.22 bits per heavy atom. The zero-order chi connectivity index (χ0) is 14.7. The van der Waals surface area contributed by atoms with Crippen molar-refractivity contribution in [1.82, 2.24) is 4.90 Å². The van der Waals surface area contributed by atoms with Gasteiger partial charge in [-0.1, -0.05) is 0 Å². The van der Waals surface area contributed by atoms with Gasteiger partial charge in [0, 0.05) is 13.1 Å². The second-order valence-corrected chi connectivity index (χ2v) is 6.33. The van der Waals surface area contributed by atoms with E-state index in [1.165, 1.54) is 4.90 Å². The number of carboxylic acid groups (broad SMARTS) is 1. The lowest BCUT2D eigenvalue weighted by Gasteiger charge is -2.32. The van der Waals surface area contributed by atoms with E-state index in [-0.39, 0.29) is 6.04 Å². The highest BCUT2D eigenvalue weighted by Crippen LogP contribution is 2.25. The molecule has 0 heterocycles. The molecule has 0 aromatic rings. The van der Waals surface area contributed by atoms with E-state index >= 15 is 0 Å². The molecule has 1 atom stereocenters. The SMILES string of the molecule is CC(CC(C)(C)C(=O)O)N(C)C(=O)OC(C)(C)C. The molecule has 0 aliphatic rings. The summed E-state index contributed by atoms with van der Waals surface area (Å²) < 4.78 is 5.24. The van der Waals surface area contributed by atoms with E-state index in [9.17, 15) is 9.59 Å². The van der Waals surface area contributed by atoms with Crippen molar-refractivity contribution in [3.8, 4) is 0 Å². The summed E-state index contributed by atoms with van der Waals surface area (Å²) >= 11 is 0. The summed E-state index contributed by atoms with van der Waals surface area (Å²) in [4.78, 5) is 24.3. The molecular weight excluding hydrogens is 234 g/mol. The molecule has 0 saturated heterocycles. The largest absolute Gasteiger partial charge is 0.481 e. The fraction of sp³-hybridized carbons (Fsp3) is 0.846. The molecule has 1 amide bonds. The normalized spacial score (nSPS) is 13.9. The topological polar surface area (TPSA) is 66.8 Å². The maximum Gasteiger partial charge on any atom is 0.410 e. The number of carbonyl (C=O) groups is 2.